The fourth-order valence-electron chi connectivity index (χ4n) is 1.85. The summed E-state index contributed by atoms with van der Waals surface area (Å²) in [6.45, 7) is 6.45. The Bertz CT molecular complexity index is 606. The Labute approximate surface area is 129 Å². The van der Waals surface area contributed by atoms with Gasteiger partial charge in [0.05, 0.1) is 5.75 Å². The smallest absolute Gasteiger partial charge is 0.230 e. The number of carbonyl (C=O) groups excluding carboxylic acids is 1. The van der Waals surface area contributed by atoms with Crippen LogP contribution in [0, 0.1) is 20.8 Å². The van der Waals surface area contributed by atoms with Crippen molar-refractivity contribution in [3.63, 3.8) is 0 Å². The normalized spacial score (nSPS) is 10.4. The van der Waals surface area contributed by atoms with E-state index in [2.05, 4.69) is 15.3 Å². The number of aryl methyl sites for hydroxylation is 3. The number of nitrogens with zero attached hydrogens (tertiary/aromatic N) is 2. The minimum absolute atomic E-state index is 0.0108. The molecule has 0 aliphatic heterocycles. The summed E-state index contributed by atoms with van der Waals surface area (Å²) < 4.78 is 0. The second-order valence-electron chi connectivity index (χ2n) is 4.98. The van der Waals surface area contributed by atoms with Gasteiger partial charge in [0.1, 0.15) is 0 Å². The van der Waals surface area contributed by atoms with Crippen LogP contribution in [0.5, 0.6) is 0 Å². The molecule has 0 saturated heterocycles. The molecule has 0 unspecified atom stereocenters. The average molecular weight is 301 g/mol. The molecule has 0 aliphatic rings. The van der Waals surface area contributed by atoms with Crippen LogP contribution in [0.4, 0.5) is 0 Å². The summed E-state index contributed by atoms with van der Waals surface area (Å²) in [6.07, 6.45) is 0. The number of thioether (sulfide) groups is 1. The molecule has 5 heteroatoms. The molecule has 2 rings (SSSR count). The topological polar surface area (TPSA) is 54.9 Å². The summed E-state index contributed by atoms with van der Waals surface area (Å²) in [6, 6.07) is 10.0. The second-order valence-corrected chi connectivity index (χ2v) is 5.93. The molecule has 21 heavy (non-hydrogen) atoms. The molecule has 1 amide bonds. The van der Waals surface area contributed by atoms with Crippen molar-refractivity contribution in [1.82, 2.24) is 15.3 Å². The van der Waals surface area contributed by atoms with E-state index in [1.165, 1.54) is 17.3 Å². The highest BCUT2D eigenvalue weighted by atomic mass is 32.2. The number of carbonyl (C=O) groups is 1. The highest BCUT2D eigenvalue weighted by Gasteiger charge is 2.06. The maximum Gasteiger partial charge on any atom is 0.230 e. The number of hydrogen-bond acceptors (Lipinski definition) is 4. The molecular weight excluding hydrogens is 282 g/mol. The first-order chi connectivity index (χ1) is 10.0. The van der Waals surface area contributed by atoms with Gasteiger partial charge in [-0.25, -0.2) is 9.97 Å². The number of benzene rings is 1. The van der Waals surface area contributed by atoms with Crippen LogP contribution in [0.15, 0.2) is 35.5 Å². The van der Waals surface area contributed by atoms with Gasteiger partial charge >= 0.3 is 0 Å². The third-order valence-corrected chi connectivity index (χ3v) is 3.75. The van der Waals surface area contributed by atoms with E-state index < -0.39 is 0 Å². The first-order valence-corrected chi connectivity index (χ1v) is 7.79. The lowest BCUT2D eigenvalue weighted by Gasteiger charge is -2.06. The van der Waals surface area contributed by atoms with Crippen LogP contribution in [0.1, 0.15) is 22.5 Å². The number of nitrogens with one attached hydrogen (secondary N) is 1. The van der Waals surface area contributed by atoms with Gasteiger partial charge in [0.2, 0.25) is 5.91 Å². The van der Waals surface area contributed by atoms with E-state index in [0.29, 0.717) is 17.5 Å². The zero-order valence-corrected chi connectivity index (χ0v) is 13.3. The van der Waals surface area contributed by atoms with Gasteiger partial charge in [-0.3, -0.25) is 4.79 Å². The van der Waals surface area contributed by atoms with Crippen molar-refractivity contribution in [3.05, 3.63) is 52.8 Å². The van der Waals surface area contributed by atoms with E-state index in [-0.39, 0.29) is 5.91 Å². The Balaban J connectivity index is 1.80. The quantitative estimate of drug-likeness (QED) is 0.681. The molecule has 0 aliphatic carbocycles. The van der Waals surface area contributed by atoms with Crippen molar-refractivity contribution in [2.45, 2.75) is 32.5 Å². The third kappa shape index (κ3) is 5.19. The Morgan fingerprint density at radius 2 is 1.71 bits per heavy atom. The van der Waals surface area contributed by atoms with E-state index in [1.54, 1.807) is 0 Å². The maximum absolute atomic E-state index is 11.8. The molecule has 1 N–H and O–H groups in total. The number of rotatable bonds is 5. The number of amides is 1. The highest BCUT2D eigenvalue weighted by Crippen LogP contribution is 2.13. The van der Waals surface area contributed by atoms with E-state index in [4.69, 9.17) is 0 Å². The van der Waals surface area contributed by atoms with Gasteiger partial charge in [0, 0.05) is 17.9 Å². The minimum Gasteiger partial charge on any atom is -0.351 e. The molecule has 4 nitrogen and oxygen atoms in total. The zero-order chi connectivity index (χ0) is 15.2. The Morgan fingerprint density at radius 1 is 1.10 bits per heavy atom. The largest absolute Gasteiger partial charge is 0.351 e. The van der Waals surface area contributed by atoms with Gasteiger partial charge in [-0.05, 0) is 32.4 Å². The molecule has 0 fully saturated rings. The molecule has 0 saturated carbocycles. The second kappa shape index (κ2) is 7.22. The molecule has 1 aromatic heterocycles. The molecule has 2 aromatic rings. The van der Waals surface area contributed by atoms with Crippen LogP contribution < -0.4 is 5.32 Å². The lowest BCUT2D eigenvalue weighted by atomic mass is 10.1. The van der Waals surface area contributed by atoms with Gasteiger partial charge < -0.3 is 5.32 Å². The molecule has 110 valence electrons. The Hall–Kier alpha value is -1.88. The van der Waals surface area contributed by atoms with Crippen molar-refractivity contribution in [2.75, 3.05) is 5.75 Å². The lowest BCUT2D eigenvalue weighted by Crippen LogP contribution is -2.24. The molecule has 0 radical (unpaired) electrons. The van der Waals surface area contributed by atoms with Crippen LogP contribution in [-0.2, 0) is 11.3 Å². The summed E-state index contributed by atoms with van der Waals surface area (Å²) in [5.41, 5.74) is 4.16. The van der Waals surface area contributed by atoms with Gasteiger partial charge in [0.15, 0.2) is 5.16 Å². The van der Waals surface area contributed by atoms with E-state index in [9.17, 15) is 4.79 Å². The summed E-state index contributed by atoms with van der Waals surface area (Å²) >= 11 is 1.36. The summed E-state index contributed by atoms with van der Waals surface area (Å²) in [5, 5.41) is 3.55. The van der Waals surface area contributed by atoms with Crippen molar-refractivity contribution in [2.24, 2.45) is 0 Å². The van der Waals surface area contributed by atoms with E-state index in [1.807, 2.05) is 51.1 Å². The number of hydrogen-bond donors (Lipinski definition) is 1. The van der Waals surface area contributed by atoms with Crippen LogP contribution in [0.2, 0.25) is 0 Å². The minimum atomic E-state index is -0.0108. The monoisotopic (exact) mass is 301 g/mol. The fourth-order valence-corrected chi connectivity index (χ4v) is 2.63. The predicted octanol–water partition coefficient (Wildman–Crippen LogP) is 2.81. The van der Waals surface area contributed by atoms with Crippen molar-refractivity contribution in [1.29, 1.82) is 0 Å². The van der Waals surface area contributed by atoms with E-state index in [0.717, 1.165) is 17.0 Å². The average Bonchev–Trinajstić information content (AvgIpc) is 2.43. The fraction of sp³-hybridized carbons (Fsp3) is 0.312. The van der Waals surface area contributed by atoms with Crippen LogP contribution in [0.3, 0.4) is 0 Å². The SMILES string of the molecule is Cc1ccc(CNC(=O)CSc2nc(C)cc(C)n2)cc1. The highest BCUT2D eigenvalue weighted by molar-refractivity contribution is 7.99. The first-order valence-electron chi connectivity index (χ1n) is 6.80. The van der Waals surface area contributed by atoms with Gasteiger partial charge in [-0.15, -0.1) is 0 Å². The van der Waals surface area contributed by atoms with Crippen molar-refractivity contribution in [3.8, 4) is 0 Å². The van der Waals surface area contributed by atoms with Crippen LogP contribution in [0.25, 0.3) is 0 Å². The van der Waals surface area contributed by atoms with Crippen molar-refractivity contribution >= 4 is 17.7 Å². The Kier molecular flexibility index (Phi) is 5.33. The standard InChI is InChI=1S/C16H19N3OS/c1-11-4-6-14(7-5-11)9-17-15(20)10-21-16-18-12(2)8-13(3)19-16/h4-8H,9-10H2,1-3H3,(H,17,20). The molecule has 0 atom stereocenters. The summed E-state index contributed by atoms with van der Waals surface area (Å²) in [5.74, 6) is 0.317. The molecule has 1 aromatic carbocycles. The molecule has 0 spiro atoms. The number of aromatic nitrogens is 2. The summed E-state index contributed by atoms with van der Waals surface area (Å²) in [4.78, 5) is 20.5. The molecular formula is C16H19N3OS. The Morgan fingerprint density at radius 3 is 2.33 bits per heavy atom. The summed E-state index contributed by atoms with van der Waals surface area (Å²) in [7, 11) is 0. The van der Waals surface area contributed by atoms with Crippen LogP contribution in [-0.4, -0.2) is 21.6 Å². The van der Waals surface area contributed by atoms with E-state index >= 15 is 0 Å². The van der Waals surface area contributed by atoms with Gasteiger partial charge in [0.25, 0.3) is 0 Å². The first kappa shape index (κ1) is 15.5. The predicted molar refractivity (Wildman–Crippen MR) is 85.3 cm³/mol. The maximum atomic E-state index is 11.8. The molecule has 0 bridgehead atoms. The lowest BCUT2D eigenvalue weighted by molar-refractivity contribution is -0.118. The third-order valence-electron chi connectivity index (χ3n) is 2.90. The molecule has 1 heterocycles. The zero-order valence-electron chi connectivity index (χ0n) is 12.5. The van der Waals surface area contributed by atoms with Crippen molar-refractivity contribution < 1.29 is 4.79 Å². The van der Waals surface area contributed by atoms with Gasteiger partial charge in [-0.2, -0.15) is 0 Å². The van der Waals surface area contributed by atoms with Gasteiger partial charge in [-0.1, -0.05) is 41.6 Å². The van der Waals surface area contributed by atoms with Crippen LogP contribution >= 0.6 is 11.8 Å².